The minimum absolute atomic E-state index is 0.0256. The van der Waals surface area contributed by atoms with Crippen molar-refractivity contribution in [1.29, 1.82) is 0 Å². The van der Waals surface area contributed by atoms with E-state index in [9.17, 15) is 19.0 Å². The smallest absolute Gasteiger partial charge is 0.462 e. The van der Waals surface area contributed by atoms with Gasteiger partial charge in [0.1, 0.15) is 19.8 Å². The van der Waals surface area contributed by atoms with E-state index in [2.05, 4.69) is 86.8 Å². The molecule has 2 unspecified atom stereocenters. The van der Waals surface area contributed by atoms with Crippen molar-refractivity contribution in [3.05, 3.63) is 72.9 Å². The molecule has 0 amide bonds. The van der Waals surface area contributed by atoms with Crippen LogP contribution >= 0.6 is 7.82 Å². The summed E-state index contributed by atoms with van der Waals surface area (Å²) in [6.07, 6.45) is 59.5. The molecule has 0 aromatic rings. The Kier molecular flexibility index (Phi) is 44.7. The Bertz CT molecular complexity index is 1330. The van der Waals surface area contributed by atoms with E-state index in [4.69, 9.17) is 18.5 Å². The molecule has 0 heterocycles. The number of likely N-dealkylation sites (N-methyl/N-ethyl adjacent to an activating group) is 1. The normalized spacial score (nSPS) is 14.0. The van der Waals surface area contributed by atoms with Gasteiger partial charge in [0.05, 0.1) is 27.7 Å². The Morgan fingerprint density at radius 3 is 1.32 bits per heavy atom. The van der Waals surface area contributed by atoms with Gasteiger partial charge in [0, 0.05) is 12.8 Å². The SMILES string of the molecule is CC/C=C\C/C=C\C/C=C\C/C=C\C/C=C\CCCCCCCCCC(=O)OC(COC(=O)CCCCCCCCC/C=C\CCCCCCCCC)COP(=O)(O)OCC[N+](C)(C)C. The van der Waals surface area contributed by atoms with Crippen LogP contribution in [0.15, 0.2) is 72.9 Å². The highest BCUT2D eigenvalue weighted by atomic mass is 31.2. The van der Waals surface area contributed by atoms with E-state index in [0.29, 0.717) is 17.4 Å². The zero-order valence-corrected chi connectivity index (χ0v) is 43.3. The summed E-state index contributed by atoms with van der Waals surface area (Å²) >= 11 is 0. The molecule has 0 aliphatic heterocycles. The van der Waals surface area contributed by atoms with E-state index in [0.717, 1.165) is 89.9 Å². The van der Waals surface area contributed by atoms with E-state index < -0.39 is 26.5 Å². The lowest BCUT2D eigenvalue weighted by atomic mass is 10.1. The van der Waals surface area contributed by atoms with Crippen molar-refractivity contribution in [3.63, 3.8) is 0 Å². The molecule has 0 aromatic carbocycles. The maximum atomic E-state index is 12.8. The lowest BCUT2D eigenvalue weighted by Crippen LogP contribution is -2.37. The lowest BCUT2D eigenvalue weighted by molar-refractivity contribution is -0.870. The number of allylic oxidation sites excluding steroid dienone is 12. The molecule has 65 heavy (non-hydrogen) atoms. The second-order valence-corrected chi connectivity index (χ2v) is 20.0. The fourth-order valence-electron chi connectivity index (χ4n) is 6.92. The average Bonchev–Trinajstić information content (AvgIpc) is 3.26. The number of carbonyl (C=O) groups is 2. The molecule has 1 N–H and O–H groups in total. The molecule has 0 aliphatic rings. The second kappa shape index (κ2) is 46.6. The van der Waals surface area contributed by atoms with Crippen LogP contribution in [0.4, 0.5) is 0 Å². The minimum atomic E-state index is -4.39. The quantitative estimate of drug-likeness (QED) is 0.0211. The van der Waals surface area contributed by atoms with Crippen molar-refractivity contribution in [2.45, 2.75) is 219 Å². The third-order valence-electron chi connectivity index (χ3n) is 11.0. The Morgan fingerprint density at radius 2 is 0.877 bits per heavy atom. The molecule has 9 nitrogen and oxygen atoms in total. The Morgan fingerprint density at radius 1 is 0.492 bits per heavy atom. The van der Waals surface area contributed by atoms with Crippen LogP contribution < -0.4 is 0 Å². The molecule has 0 spiro atoms. The van der Waals surface area contributed by atoms with E-state index in [1.807, 2.05) is 21.1 Å². The van der Waals surface area contributed by atoms with Crippen LogP contribution in [-0.2, 0) is 32.7 Å². The van der Waals surface area contributed by atoms with E-state index in [1.54, 1.807) is 0 Å². The summed E-state index contributed by atoms with van der Waals surface area (Å²) in [6.45, 7) is 4.30. The molecular weight excluding hydrogens is 834 g/mol. The summed E-state index contributed by atoms with van der Waals surface area (Å²) in [4.78, 5) is 35.6. The molecule has 0 bridgehead atoms. The lowest BCUT2D eigenvalue weighted by Gasteiger charge is -2.24. The first-order chi connectivity index (χ1) is 31.5. The fourth-order valence-corrected chi connectivity index (χ4v) is 7.66. The third-order valence-corrected chi connectivity index (χ3v) is 12.0. The molecule has 0 radical (unpaired) electrons. The number of nitrogens with zero attached hydrogens (tertiary/aromatic N) is 1. The minimum Gasteiger partial charge on any atom is -0.462 e. The number of quaternary nitrogens is 1. The predicted octanol–water partition coefficient (Wildman–Crippen LogP) is 15.8. The van der Waals surface area contributed by atoms with Gasteiger partial charge in [-0.2, -0.15) is 0 Å². The van der Waals surface area contributed by atoms with Crippen LogP contribution in [-0.4, -0.2) is 74.9 Å². The van der Waals surface area contributed by atoms with Gasteiger partial charge in [-0.05, 0) is 83.5 Å². The molecule has 0 aliphatic carbocycles. The van der Waals surface area contributed by atoms with Gasteiger partial charge in [-0.3, -0.25) is 18.6 Å². The standard InChI is InChI=1S/C55H98NO8P/c1-6-8-10-12-14-16-18-20-22-24-26-27-28-29-30-32-34-36-38-40-42-44-46-48-55(58)64-53(52-63-65(59,60)62-50-49-56(3,4)5)51-61-54(57)47-45-43-41-39-37-35-33-31-25-23-21-19-17-15-13-11-9-7-2/h8,10,14,16,20,22-23,25-27,29-30,53H,6-7,9,11-13,15,17-19,21,24,28,31-52H2,1-5H3/p+1/b10-8-,16-14-,22-20-,25-23-,27-26-,30-29-. The van der Waals surface area contributed by atoms with Crippen molar-refractivity contribution in [2.75, 3.05) is 47.5 Å². The van der Waals surface area contributed by atoms with Gasteiger partial charge < -0.3 is 18.9 Å². The summed E-state index contributed by atoms with van der Waals surface area (Å²) in [5.74, 6) is -0.816. The first-order valence-electron chi connectivity index (χ1n) is 26.2. The number of esters is 2. The number of carbonyl (C=O) groups excluding carboxylic acids is 2. The van der Waals surface area contributed by atoms with Crippen molar-refractivity contribution < 1.29 is 42.1 Å². The average molecular weight is 933 g/mol. The van der Waals surface area contributed by atoms with E-state index in [1.165, 1.54) is 89.9 Å². The van der Waals surface area contributed by atoms with Crippen LogP contribution in [0.25, 0.3) is 0 Å². The van der Waals surface area contributed by atoms with Crippen molar-refractivity contribution in [3.8, 4) is 0 Å². The van der Waals surface area contributed by atoms with Gasteiger partial charge in [-0.25, -0.2) is 4.57 Å². The molecule has 10 heteroatoms. The Labute approximate surface area is 399 Å². The van der Waals surface area contributed by atoms with E-state index >= 15 is 0 Å². The van der Waals surface area contributed by atoms with Crippen LogP contribution in [0.3, 0.4) is 0 Å². The van der Waals surface area contributed by atoms with Crippen molar-refractivity contribution in [1.82, 2.24) is 0 Å². The van der Waals surface area contributed by atoms with Crippen LogP contribution in [0, 0.1) is 0 Å². The highest BCUT2D eigenvalue weighted by Crippen LogP contribution is 2.43. The van der Waals surface area contributed by atoms with Gasteiger partial charge in [-0.1, -0.05) is 189 Å². The predicted molar refractivity (Wildman–Crippen MR) is 275 cm³/mol. The summed E-state index contributed by atoms with van der Waals surface area (Å²) in [5.41, 5.74) is 0. The van der Waals surface area contributed by atoms with Gasteiger partial charge in [-0.15, -0.1) is 0 Å². The molecule has 0 saturated heterocycles. The molecule has 376 valence electrons. The zero-order chi connectivity index (χ0) is 47.8. The number of phosphoric ester groups is 1. The molecule has 0 saturated carbocycles. The van der Waals surface area contributed by atoms with Gasteiger partial charge in [0.25, 0.3) is 0 Å². The summed E-state index contributed by atoms with van der Waals surface area (Å²) < 4.78 is 34.5. The van der Waals surface area contributed by atoms with Gasteiger partial charge >= 0.3 is 19.8 Å². The number of rotatable bonds is 47. The van der Waals surface area contributed by atoms with Gasteiger partial charge in [0.2, 0.25) is 0 Å². The molecule has 2 atom stereocenters. The third kappa shape index (κ3) is 50.7. The molecule has 0 aromatic heterocycles. The summed E-state index contributed by atoms with van der Waals surface area (Å²) in [7, 11) is 1.46. The topological polar surface area (TPSA) is 108 Å². The number of hydrogen-bond acceptors (Lipinski definition) is 7. The molecule has 0 fully saturated rings. The monoisotopic (exact) mass is 933 g/mol. The largest absolute Gasteiger partial charge is 0.472 e. The number of ether oxygens (including phenoxy) is 2. The number of unbranched alkanes of at least 4 members (excludes halogenated alkanes) is 21. The van der Waals surface area contributed by atoms with Gasteiger partial charge in [0.15, 0.2) is 6.10 Å². The first-order valence-corrected chi connectivity index (χ1v) is 27.7. The zero-order valence-electron chi connectivity index (χ0n) is 42.5. The van der Waals surface area contributed by atoms with Crippen LogP contribution in [0.1, 0.15) is 213 Å². The second-order valence-electron chi connectivity index (χ2n) is 18.5. The van der Waals surface area contributed by atoms with Crippen LogP contribution in [0.2, 0.25) is 0 Å². The fraction of sp³-hybridized carbons (Fsp3) is 0.745. The van der Waals surface area contributed by atoms with Crippen LogP contribution in [0.5, 0.6) is 0 Å². The van der Waals surface area contributed by atoms with Crippen molar-refractivity contribution >= 4 is 19.8 Å². The highest BCUT2D eigenvalue weighted by molar-refractivity contribution is 7.47. The number of phosphoric acid groups is 1. The molecular formula is C55H99NO8P+. The maximum absolute atomic E-state index is 12.8. The van der Waals surface area contributed by atoms with Crippen molar-refractivity contribution in [2.24, 2.45) is 0 Å². The Balaban J connectivity index is 4.29. The summed E-state index contributed by atoms with van der Waals surface area (Å²) in [6, 6.07) is 0. The summed E-state index contributed by atoms with van der Waals surface area (Å²) in [5, 5.41) is 0. The Hall–Kier alpha value is -2.55. The highest BCUT2D eigenvalue weighted by Gasteiger charge is 2.27. The molecule has 0 rings (SSSR count). The maximum Gasteiger partial charge on any atom is 0.472 e. The number of hydrogen-bond donors (Lipinski definition) is 1. The first kappa shape index (κ1) is 62.4. The van der Waals surface area contributed by atoms with E-state index in [-0.39, 0.29) is 32.0 Å².